The molecule has 1 aliphatic heterocycles. The Balaban J connectivity index is 1.97. The summed E-state index contributed by atoms with van der Waals surface area (Å²) in [6, 6.07) is 4.55. The van der Waals surface area contributed by atoms with Crippen molar-refractivity contribution in [3.63, 3.8) is 0 Å². The molecule has 1 aromatic carbocycles. The highest BCUT2D eigenvalue weighted by atomic mass is 19.4. The Kier molecular flexibility index (Phi) is 4.71. The van der Waals surface area contributed by atoms with Gasteiger partial charge in [-0.3, -0.25) is 4.79 Å². The summed E-state index contributed by atoms with van der Waals surface area (Å²) in [5.41, 5.74) is -2.71. The number of alkyl halides is 3. The number of hydrogen-bond acceptors (Lipinski definition) is 4. The highest BCUT2D eigenvalue weighted by molar-refractivity contribution is 5.93. The highest BCUT2D eigenvalue weighted by Gasteiger charge is 2.42. The number of piperidine rings is 1. The summed E-state index contributed by atoms with van der Waals surface area (Å²) in [5, 5.41) is 12.3. The number of para-hydroxylation sites is 1. The van der Waals surface area contributed by atoms with Gasteiger partial charge in [-0.15, -0.1) is 5.10 Å². The lowest BCUT2D eigenvalue weighted by molar-refractivity contribution is -0.143. The topological polar surface area (TPSA) is 71.8 Å². The van der Waals surface area contributed by atoms with E-state index in [9.17, 15) is 22.4 Å². The van der Waals surface area contributed by atoms with Gasteiger partial charge >= 0.3 is 6.18 Å². The van der Waals surface area contributed by atoms with Gasteiger partial charge in [0, 0.05) is 12.6 Å². The Morgan fingerprint density at radius 1 is 1.32 bits per heavy atom. The Labute approximate surface area is 140 Å². The van der Waals surface area contributed by atoms with Crippen molar-refractivity contribution in [2.24, 2.45) is 0 Å². The number of amides is 1. The van der Waals surface area contributed by atoms with Crippen molar-refractivity contribution in [2.45, 2.75) is 25.1 Å². The third-order valence-corrected chi connectivity index (χ3v) is 3.87. The molecular weight excluding hydrogens is 342 g/mol. The van der Waals surface area contributed by atoms with E-state index in [2.05, 4.69) is 20.9 Å². The van der Waals surface area contributed by atoms with Gasteiger partial charge in [0.25, 0.3) is 5.91 Å². The summed E-state index contributed by atoms with van der Waals surface area (Å²) in [4.78, 5) is 12.3. The number of carbonyl (C=O) groups is 1. The lowest BCUT2D eigenvalue weighted by Gasteiger charge is -2.23. The molecule has 1 fully saturated rings. The third kappa shape index (κ3) is 3.63. The standard InChI is InChI=1S/C15H15F4N5O/c16-10-5-1-2-6-11(10)24-13(15(17,18)19)12(22-23-24)14(25)21-9-4-3-7-20-8-9/h1-2,5-6,9,20H,3-4,7-8H2,(H,21,25)/t9-/m0/s1. The molecule has 1 amide bonds. The molecule has 134 valence electrons. The third-order valence-electron chi connectivity index (χ3n) is 3.87. The van der Waals surface area contributed by atoms with Crippen LogP contribution in [-0.2, 0) is 6.18 Å². The lowest BCUT2D eigenvalue weighted by atomic mass is 10.1. The van der Waals surface area contributed by atoms with Crippen molar-refractivity contribution in [1.82, 2.24) is 25.6 Å². The van der Waals surface area contributed by atoms with Crippen LogP contribution in [0.15, 0.2) is 24.3 Å². The molecule has 0 unspecified atom stereocenters. The molecule has 0 radical (unpaired) electrons. The number of rotatable bonds is 3. The Hall–Kier alpha value is -2.49. The summed E-state index contributed by atoms with van der Waals surface area (Å²) >= 11 is 0. The van der Waals surface area contributed by atoms with Gasteiger partial charge in [-0.2, -0.15) is 13.2 Å². The predicted molar refractivity (Wildman–Crippen MR) is 79.7 cm³/mol. The predicted octanol–water partition coefficient (Wildman–Crippen LogP) is 1.91. The largest absolute Gasteiger partial charge is 0.435 e. The molecule has 1 aliphatic rings. The first kappa shape index (κ1) is 17.3. The van der Waals surface area contributed by atoms with Crippen LogP contribution in [0, 0.1) is 5.82 Å². The molecule has 2 heterocycles. The van der Waals surface area contributed by atoms with E-state index in [0.29, 0.717) is 17.6 Å². The molecule has 1 saturated heterocycles. The van der Waals surface area contributed by atoms with E-state index in [1.54, 1.807) is 0 Å². The fourth-order valence-corrected chi connectivity index (χ4v) is 2.71. The van der Waals surface area contributed by atoms with Crippen LogP contribution in [0.3, 0.4) is 0 Å². The molecule has 25 heavy (non-hydrogen) atoms. The van der Waals surface area contributed by atoms with E-state index in [0.717, 1.165) is 25.1 Å². The summed E-state index contributed by atoms with van der Waals surface area (Å²) in [7, 11) is 0. The van der Waals surface area contributed by atoms with E-state index < -0.39 is 35.0 Å². The van der Waals surface area contributed by atoms with Crippen LogP contribution in [0.5, 0.6) is 0 Å². The average Bonchev–Trinajstić information content (AvgIpc) is 3.01. The first-order valence-electron chi connectivity index (χ1n) is 7.67. The Morgan fingerprint density at radius 3 is 2.72 bits per heavy atom. The molecule has 3 rings (SSSR count). The molecule has 6 nitrogen and oxygen atoms in total. The van der Waals surface area contributed by atoms with Crippen LogP contribution in [-0.4, -0.2) is 40.0 Å². The first-order chi connectivity index (χ1) is 11.9. The second kappa shape index (κ2) is 6.79. The van der Waals surface area contributed by atoms with Gasteiger partial charge in [-0.1, -0.05) is 17.3 Å². The number of carbonyl (C=O) groups excluding carboxylic acids is 1. The van der Waals surface area contributed by atoms with Gasteiger partial charge in [0.05, 0.1) is 0 Å². The minimum atomic E-state index is -4.93. The van der Waals surface area contributed by atoms with Gasteiger partial charge in [0.15, 0.2) is 11.4 Å². The van der Waals surface area contributed by atoms with Gasteiger partial charge < -0.3 is 10.6 Å². The number of nitrogens with one attached hydrogen (secondary N) is 2. The zero-order valence-corrected chi connectivity index (χ0v) is 13.0. The minimum Gasteiger partial charge on any atom is -0.347 e. The summed E-state index contributed by atoms with van der Waals surface area (Å²) in [5.74, 6) is -1.88. The number of nitrogens with zero attached hydrogens (tertiary/aromatic N) is 3. The summed E-state index contributed by atoms with van der Waals surface area (Å²) < 4.78 is 54.6. The fourth-order valence-electron chi connectivity index (χ4n) is 2.71. The number of halogens is 4. The van der Waals surface area contributed by atoms with Crippen molar-refractivity contribution < 1.29 is 22.4 Å². The molecule has 0 saturated carbocycles. The SMILES string of the molecule is O=C(N[C@H]1CCCNC1)c1nnn(-c2ccccc2F)c1C(F)(F)F. The summed E-state index contributed by atoms with van der Waals surface area (Å²) in [6.45, 7) is 1.26. The van der Waals surface area contributed by atoms with E-state index >= 15 is 0 Å². The summed E-state index contributed by atoms with van der Waals surface area (Å²) in [6.07, 6.45) is -3.47. The second-order valence-corrected chi connectivity index (χ2v) is 5.66. The van der Waals surface area contributed by atoms with Crippen LogP contribution in [0.1, 0.15) is 29.0 Å². The fraction of sp³-hybridized carbons (Fsp3) is 0.400. The molecule has 0 spiro atoms. The average molecular weight is 357 g/mol. The molecular formula is C15H15F4N5O. The molecule has 10 heteroatoms. The Morgan fingerprint density at radius 2 is 2.08 bits per heavy atom. The number of benzene rings is 1. The maximum Gasteiger partial charge on any atom is 0.435 e. The van der Waals surface area contributed by atoms with Crippen molar-refractivity contribution in [3.05, 3.63) is 41.5 Å². The zero-order valence-electron chi connectivity index (χ0n) is 13.0. The molecule has 1 aromatic heterocycles. The van der Waals surface area contributed by atoms with Crippen LogP contribution >= 0.6 is 0 Å². The van der Waals surface area contributed by atoms with E-state index in [-0.39, 0.29) is 6.04 Å². The lowest BCUT2D eigenvalue weighted by Crippen LogP contribution is -2.46. The maximum atomic E-state index is 13.9. The van der Waals surface area contributed by atoms with Gasteiger partial charge in [0.2, 0.25) is 0 Å². The Bertz CT molecular complexity index is 768. The van der Waals surface area contributed by atoms with E-state index in [1.165, 1.54) is 12.1 Å². The molecule has 2 aromatic rings. The van der Waals surface area contributed by atoms with Crippen LogP contribution in [0.25, 0.3) is 5.69 Å². The van der Waals surface area contributed by atoms with Crippen molar-refractivity contribution in [3.8, 4) is 5.69 Å². The second-order valence-electron chi connectivity index (χ2n) is 5.66. The quantitative estimate of drug-likeness (QED) is 0.824. The number of hydrogen-bond donors (Lipinski definition) is 2. The van der Waals surface area contributed by atoms with Crippen molar-refractivity contribution >= 4 is 5.91 Å². The van der Waals surface area contributed by atoms with Crippen molar-refractivity contribution in [2.75, 3.05) is 13.1 Å². The van der Waals surface area contributed by atoms with E-state index in [4.69, 9.17) is 0 Å². The zero-order chi connectivity index (χ0) is 18.0. The first-order valence-corrected chi connectivity index (χ1v) is 7.67. The monoisotopic (exact) mass is 357 g/mol. The molecule has 2 N–H and O–H groups in total. The molecule has 1 atom stereocenters. The van der Waals surface area contributed by atoms with Gasteiger partial charge in [-0.05, 0) is 31.5 Å². The highest BCUT2D eigenvalue weighted by Crippen LogP contribution is 2.33. The van der Waals surface area contributed by atoms with Gasteiger partial charge in [-0.25, -0.2) is 9.07 Å². The van der Waals surface area contributed by atoms with Crippen LogP contribution in [0.2, 0.25) is 0 Å². The van der Waals surface area contributed by atoms with Crippen molar-refractivity contribution in [1.29, 1.82) is 0 Å². The van der Waals surface area contributed by atoms with Crippen LogP contribution in [0.4, 0.5) is 17.6 Å². The molecule has 0 aliphatic carbocycles. The van der Waals surface area contributed by atoms with E-state index in [1.807, 2.05) is 0 Å². The smallest absolute Gasteiger partial charge is 0.347 e. The maximum absolute atomic E-state index is 13.9. The molecule has 0 bridgehead atoms. The minimum absolute atomic E-state index is 0.291. The van der Waals surface area contributed by atoms with Gasteiger partial charge in [0.1, 0.15) is 11.5 Å². The number of aromatic nitrogens is 3. The normalized spacial score (nSPS) is 18.2. The van der Waals surface area contributed by atoms with Crippen LogP contribution < -0.4 is 10.6 Å².